The Kier molecular flexibility index (Phi) is 7.05. The van der Waals surface area contributed by atoms with E-state index in [4.69, 9.17) is 4.74 Å². The number of halogens is 4. The molecule has 1 aliphatic rings. The Morgan fingerprint density at radius 1 is 0.824 bits per heavy atom. The van der Waals surface area contributed by atoms with Crippen molar-refractivity contribution in [3.8, 4) is 16.9 Å². The Morgan fingerprint density at radius 3 is 2.15 bits per heavy atom. The van der Waals surface area contributed by atoms with Gasteiger partial charge in [-0.15, -0.1) is 0 Å². The molecule has 0 N–H and O–H groups in total. The van der Waals surface area contributed by atoms with Gasteiger partial charge in [0.2, 0.25) is 5.82 Å². The van der Waals surface area contributed by atoms with E-state index in [1.165, 1.54) is 36.4 Å². The van der Waals surface area contributed by atoms with Crippen LogP contribution in [0, 0.1) is 29.2 Å². The van der Waals surface area contributed by atoms with Crippen LogP contribution < -0.4 is 4.74 Å². The van der Waals surface area contributed by atoms with Crippen molar-refractivity contribution in [2.75, 3.05) is 0 Å². The monoisotopic (exact) mass is 470 g/mol. The fourth-order valence-corrected chi connectivity index (χ4v) is 4.54. The molecular formula is C28H26F4O2. The third-order valence-corrected chi connectivity index (χ3v) is 6.71. The number of aryl methyl sites for hydroxylation is 1. The highest BCUT2D eigenvalue weighted by molar-refractivity contribution is 5.91. The van der Waals surface area contributed by atoms with Gasteiger partial charge >= 0.3 is 5.97 Å². The number of rotatable bonds is 5. The van der Waals surface area contributed by atoms with Crippen LogP contribution >= 0.6 is 0 Å². The number of ether oxygens (including phenoxy) is 1. The molecule has 0 spiro atoms. The van der Waals surface area contributed by atoms with Crippen molar-refractivity contribution in [2.45, 2.75) is 51.9 Å². The topological polar surface area (TPSA) is 26.3 Å². The quantitative estimate of drug-likeness (QED) is 0.215. The van der Waals surface area contributed by atoms with Gasteiger partial charge in [0.25, 0.3) is 0 Å². The van der Waals surface area contributed by atoms with Crippen LogP contribution in [0.2, 0.25) is 0 Å². The maximum Gasteiger partial charge on any atom is 0.343 e. The van der Waals surface area contributed by atoms with E-state index in [1.54, 1.807) is 19.1 Å². The smallest absolute Gasteiger partial charge is 0.343 e. The number of carbonyl (C=O) groups excluding carboxylic acids is 1. The molecular weight excluding hydrogens is 444 g/mol. The zero-order chi connectivity index (χ0) is 24.4. The van der Waals surface area contributed by atoms with Gasteiger partial charge in [0.05, 0.1) is 5.56 Å². The van der Waals surface area contributed by atoms with Crippen LogP contribution in [0.25, 0.3) is 11.1 Å². The minimum Gasteiger partial charge on any atom is -0.420 e. The summed E-state index contributed by atoms with van der Waals surface area (Å²) in [5.74, 6) is -4.78. The Morgan fingerprint density at radius 2 is 1.50 bits per heavy atom. The molecule has 0 atom stereocenters. The first kappa shape index (κ1) is 24.0. The number of esters is 1. The van der Waals surface area contributed by atoms with Crippen molar-refractivity contribution in [3.05, 3.63) is 88.5 Å². The van der Waals surface area contributed by atoms with Gasteiger partial charge in [0.15, 0.2) is 23.2 Å². The molecule has 34 heavy (non-hydrogen) atoms. The molecule has 0 aliphatic heterocycles. The first-order valence-corrected chi connectivity index (χ1v) is 11.6. The van der Waals surface area contributed by atoms with Crippen molar-refractivity contribution >= 4 is 5.97 Å². The highest BCUT2D eigenvalue weighted by Gasteiger charge is 2.25. The fraction of sp³-hybridized carbons (Fsp3) is 0.321. The van der Waals surface area contributed by atoms with E-state index in [9.17, 15) is 22.4 Å². The number of benzene rings is 3. The van der Waals surface area contributed by atoms with Gasteiger partial charge in [-0.3, -0.25) is 0 Å². The van der Waals surface area contributed by atoms with E-state index in [1.807, 2.05) is 0 Å². The molecule has 1 saturated carbocycles. The van der Waals surface area contributed by atoms with Gasteiger partial charge in [0, 0.05) is 5.56 Å². The first-order valence-electron chi connectivity index (χ1n) is 11.6. The Labute approximate surface area is 196 Å². The van der Waals surface area contributed by atoms with Gasteiger partial charge in [0.1, 0.15) is 0 Å². The largest absolute Gasteiger partial charge is 0.420 e. The Hall–Kier alpha value is -3.15. The molecule has 1 aliphatic carbocycles. The maximum absolute atomic E-state index is 14.9. The third kappa shape index (κ3) is 4.72. The average Bonchev–Trinajstić information content (AvgIpc) is 2.84. The first-order chi connectivity index (χ1) is 16.3. The van der Waals surface area contributed by atoms with Crippen molar-refractivity contribution < 1.29 is 27.1 Å². The normalized spacial score (nSPS) is 18.1. The van der Waals surface area contributed by atoms with E-state index in [0.717, 1.165) is 25.7 Å². The highest BCUT2D eigenvalue weighted by Crippen LogP contribution is 2.38. The molecule has 0 unspecified atom stereocenters. The highest BCUT2D eigenvalue weighted by atomic mass is 19.2. The average molecular weight is 471 g/mol. The third-order valence-electron chi connectivity index (χ3n) is 6.71. The lowest BCUT2D eigenvalue weighted by atomic mass is 9.79. The second-order valence-electron chi connectivity index (χ2n) is 8.96. The van der Waals surface area contributed by atoms with Gasteiger partial charge in [-0.2, -0.15) is 4.39 Å². The molecule has 4 rings (SSSR count). The van der Waals surface area contributed by atoms with Crippen LogP contribution in [0.15, 0.2) is 48.5 Å². The Balaban J connectivity index is 1.52. The van der Waals surface area contributed by atoms with Crippen LogP contribution in [-0.2, 0) is 6.42 Å². The van der Waals surface area contributed by atoms with Crippen LogP contribution in [-0.4, -0.2) is 5.97 Å². The molecule has 6 heteroatoms. The lowest BCUT2D eigenvalue weighted by Crippen LogP contribution is -2.13. The van der Waals surface area contributed by atoms with E-state index in [2.05, 4.69) is 6.92 Å². The van der Waals surface area contributed by atoms with Crippen molar-refractivity contribution in [1.82, 2.24) is 0 Å². The summed E-state index contributed by atoms with van der Waals surface area (Å²) in [5, 5.41) is 0. The number of carbonyl (C=O) groups is 1. The molecule has 0 heterocycles. The Bertz CT molecular complexity index is 1200. The van der Waals surface area contributed by atoms with Gasteiger partial charge in [-0.1, -0.05) is 57.0 Å². The van der Waals surface area contributed by atoms with Crippen LogP contribution in [0.3, 0.4) is 0 Å². The molecule has 3 aromatic rings. The van der Waals surface area contributed by atoms with E-state index in [-0.39, 0.29) is 22.6 Å². The molecule has 0 bridgehead atoms. The molecule has 0 radical (unpaired) electrons. The zero-order valence-electron chi connectivity index (χ0n) is 19.1. The zero-order valence-corrected chi connectivity index (χ0v) is 19.1. The second-order valence-corrected chi connectivity index (χ2v) is 8.96. The van der Waals surface area contributed by atoms with Crippen molar-refractivity contribution in [2.24, 2.45) is 5.92 Å². The molecule has 1 fully saturated rings. The molecule has 0 amide bonds. The van der Waals surface area contributed by atoms with E-state index >= 15 is 0 Å². The van der Waals surface area contributed by atoms with Crippen molar-refractivity contribution in [3.63, 3.8) is 0 Å². The second kappa shape index (κ2) is 10.00. The predicted molar refractivity (Wildman–Crippen MR) is 123 cm³/mol. The van der Waals surface area contributed by atoms with Crippen LogP contribution in [0.4, 0.5) is 17.6 Å². The minimum absolute atomic E-state index is 0.0218. The summed E-state index contributed by atoms with van der Waals surface area (Å²) >= 11 is 0. The van der Waals surface area contributed by atoms with Crippen LogP contribution in [0.5, 0.6) is 5.75 Å². The molecule has 0 saturated heterocycles. The number of hydrogen-bond acceptors (Lipinski definition) is 2. The summed E-state index contributed by atoms with van der Waals surface area (Å²) in [6.45, 7) is 3.86. The fourth-order valence-electron chi connectivity index (χ4n) is 4.54. The van der Waals surface area contributed by atoms with Crippen molar-refractivity contribution in [1.29, 1.82) is 0 Å². The van der Waals surface area contributed by atoms with E-state index < -0.39 is 35.0 Å². The summed E-state index contributed by atoms with van der Waals surface area (Å²) in [5.41, 5.74) is 1.14. The van der Waals surface area contributed by atoms with Crippen LogP contribution in [0.1, 0.15) is 66.9 Å². The number of hydrogen-bond donors (Lipinski definition) is 0. The summed E-state index contributed by atoms with van der Waals surface area (Å²) in [6.07, 6.45) is 4.00. The lowest BCUT2D eigenvalue weighted by molar-refractivity contribution is 0.0726. The van der Waals surface area contributed by atoms with Gasteiger partial charge in [-0.05, 0) is 66.0 Å². The summed E-state index contributed by atoms with van der Waals surface area (Å²) in [6, 6.07) is 11.5. The molecule has 178 valence electrons. The SMILES string of the molecule is CCc1ccc(OC(=O)c2ccc(-c3ccc(C4CCC(C)CC4)c(F)c3F)cc2)c(F)c1F. The van der Waals surface area contributed by atoms with Gasteiger partial charge < -0.3 is 4.74 Å². The minimum atomic E-state index is -1.23. The summed E-state index contributed by atoms with van der Waals surface area (Å²) < 4.78 is 62.9. The predicted octanol–water partition coefficient (Wildman–Crippen LogP) is 7.99. The van der Waals surface area contributed by atoms with Gasteiger partial charge in [-0.25, -0.2) is 18.0 Å². The summed E-state index contributed by atoms with van der Waals surface area (Å²) in [4.78, 5) is 12.4. The lowest BCUT2D eigenvalue weighted by Gasteiger charge is -2.27. The molecule has 2 nitrogen and oxygen atoms in total. The molecule has 0 aromatic heterocycles. The molecule has 3 aromatic carbocycles. The summed E-state index contributed by atoms with van der Waals surface area (Å²) in [7, 11) is 0. The maximum atomic E-state index is 14.9. The standard InChI is InChI=1S/C28H26F4O2/c1-3-17-12-15-23(27(32)24(17)29)34-28(33)20-10-8-19(9-11-20)22-14-13-21(25(30)26(22)31)18-6-4-16(2)5-7-18/h8-16,18H,3-7H2,1-2H3. The van der Waals surface area contributed by atoms with E-state index in [0.29, 0.717) is 23.5 Å².